The first-order valence-electron chi connectivity index (χ1n) is 9.50. The van der Waals surface area contributed by atoms with E-state index in [0.717, 1.165) is 38.6 Å². The summed E-state index contributed by atoms with van der Waals surface area (Å²) in [6.45, 7) is 0.840. The van der Waals surface area contributed by atoms with Crippen molar-refractivity contribution in [2.24, 2.45) is 4.40 Å². The largest absolute Gasteiger partial charge is 0.368 e. The highest BCUT2D eigenvalue weighted by molar-refractivity contribution is 7.90. The Morgan fingerprint density at radius 1 is 1.19 bits per heavy atom. The molecule has 1 heterocycles. The summed E-state index contributed by atoms with van der Waals surface area (Å²) >= 11 is 0. The summed E-state index contributed by atoms with van der Waals surface area (Å²) in [5.74, 6) is 0.358. The van der Waals surface area contributed by atoms with Crippen molar-refractivity contribution in [1.82, 2.24) is 4.90 Å². The van der Waals surface area contributed by atoms with Gasteiger partial charge in [0.25, 0.3) is 10.0 Å². The number of benzene rings is 1. The number of amides is 1. The molecule has 0 unspecified atom stereocenters. The molecule has 1 aromatic carbocycles. The lowest BCUT2D eigenvalue weighted by Gasteiger charge is -2.21. The Labute approximate surface area is 160 Å². The standard InChI is InChI=1S/C19H27N3O4S/c1-22-13-5-8-18(22)21-27(24,25)17-11-9-15(10-12-17)20-19(23)14-26-16-6-3-2-4-7-16/h9-12,16H,2-8,13-14H2,1H3,(H,20,23)/b21-18+. The third-order valence-electron chi connectivity index (χ3n) is 5.00. The topological polar surface area (TPSA) is 88.1 Å². The molecule has 2 fully saturated rings. The molecule has 148 valence electrons. The number of carbonyl (C=O) groups excluding carboxylic acids is 1. The lowest BCUT2D eigenvalue weighted by Crippen LogP contribution is -2.24. The van der Waals surface area contributed by atoms with E-state index in [2.05, 4.69) is 9.71 Å². The maximum absolute atomic E-state index is 12.4. The Balaban J connectivity index is 1.55. The molecule has 1 N–H and O–H groups in total. The van der Waals surface area contributed by atoms with Gasteiger partial charge in [-0.05, 0) is 43.5 Å². The fraction of sp³-hybridized carbons (Fsp3) is 0.579. The number of likely N-dealkylation sites (tertiary alicyclic amines) is 1. The van der Waals surface area contributed by atoms with Gasteiger partial charge in [0.2, 0.25) is 5.91 Å². The summed E-state index contributed by atoms with van der Waals surface area (Å²) in [5, 5.41) is 2.74. The van der Waals surface area contributed by atoms with Crippen LogP contribution < -0.4 is 5.32 Å². The average Bonchev–Trinajstić information content (AvgIpc) is 3.05. The predicted molar refractivity (Wildman–Crippen MR) is 104 cm³/mol. The van der Waals surface area contributed by atoms with Gasteiger partial charge in [-0.15, -0.1) is 4.40 Å². The van der Waals surface area contributed by atoms with Crippen LogP contribution in [0.3, 0.4) is 0 Å². The molecule has 1 aromatic rings. The summed E-state index contributed by atoms with van der Waals surface area (Å²) in [5.41, 5.74) is 0.539. The van der Waals surface area contributed by atoms with Crippen molar-refractivity contribution in [1.29, 1.82) is 0 Å². The molecule has 1 saturated heterocycles. The minimum Gasteiger partial charge on any atom is -0.368 e. The molecule has 0 atom stereocenters. The lowest BCUT2D eigenvalue weighted by atomic mass is 9.98. The first-order valence-corrected chi connectivity index (χ1v) is 10.9. The first kappa shape index (κ1) is 19.8. The fourth-order valence-electron chi connectivity index (χ4n) is 3.43. The van der Waals surface area contributed by atoms with E-state index < -0.39 is 10.0 Å². The van der Waals surface area contributed by atoms with E-state index in [-0.39, 0.29) is 23.5 Å². The maximum atomic E-state index is 12.4. The van der Waals surface area contributed by atoms with Crippen LogP contribution in [-0.2, 0) is 19.6 Å². The summed E-state index contributed by atoms with van der Waals surface area (Å²) in [7, 11) is -1.90. The molecule has 0 radical (unpaired) electrons. The van der Waals surface area contributed by atoms with Crippen molar-refractivity contribution in [2.45, 2.75) is 55.9 Å². The van der Waals surface area contributed by atoms with Gasteiger partial charge in [-0.3, -0.25) is 4.79 Å². The Morgan fingerprint density at radius 3 is 2.52 bits per heavy atom. The van der Waals surface area contributed by atoms with Crippen LogP contribution in [-0.4, -0.2) is 51.4 Å². The van der Waals surface area contributed by atoms with Gasteiger partial charge >= 0.3 is 0 Å². The Bertz CT molecular complexity index is 784. The van der Waals surface area contributed by atoms with Gasteiger partial charge in [0.1, 0.15) is 12.4 Å². The summed E-state index contributed by atoms with van der Waals surface area (Å²) < 4.78 is 34.4. The second-order valence-electron chi connectivity index (χ2n) is 7.15. The van der Waals surface area contributed by atoms with E-state index in [9.17, 15) is 13.2 Å². The van der Waals surface area contributed by atoms with Gasteiger partial charge in [-0.25, -0.2) is 0 Å². The van der Waals surface area contributed by atoms with Gasteiger partial charge < -0.3 is 15.0 Å². The molecule has 0 spiro atoms. The van der Waals surface area contributed by atoms with Crippen LogP contribution >= 0.6 is 0 Å². The third-order valence-corrected chi connectivity index (χ3v) is 6.32. The number of amidine groups is 1. The molecule has 1 aliphatic carbocycles. The van der Waals surface area contributed by atoms with Crippen molar-refractivity contribution < 1.29 is 17.9 Å². The molecule has 2 aliphatic rings. The van der Waals surface area contributed by atoms with Crippen LogP contribution in [0.4, 0.5) is 5.69 Å². The number of carbonyl (C=O) groups is 1. The first-order chi connectivity index (χ1) is 12.9. The van der Waals surface area contributed by atoms with Crippen LogP contribution in [0.15, 0.2) is 33.6 Å². The third kappa shape index (κ3) is 5.52. The molecule has 7 nitrogen and oxygen atoms in total. The Kier molecular flexibility index (Phi) is 6.49. The zero-order valence-electron chi connectivity index (χ0n) is 15.7. The molecule has 1 amide bonds. The van der Waals surface area contributed by atoms with Gasteiger partial charge in [0.15, 0.2) is 0 Å². The number of hydrogen-bond donors (Lipinski definition) is 1. The Hall–Kier alpha value is -1.93. The quantitative estimate of drug-likeness (QED) is 0.803. The molecule has 8 heteroatoms. The Morgan fingerprint density at radius 2 is 1.89 bits per heavy atom. The van der Waals surface area contributed by atoms with Gasteiger partial charge in [0.05, 0.1) is 11.0 Å². The van der Waals surface area contributed by atoms with Gasteiger partial charge in [-0.2, -0.15) is 8.42 Å². The normalized spacial score (nSPS) is 20.2. The van der Waals surface area contributed by atoms with Crippen LogP contribution in [0, 0.1) is 0 Å². The molecule has 0 aromatic heterocycles. The van der Waals surface area contributed by atoms with Crippen molar-refractivity contribution in [3.63, 3.8) is 0 Å². The number of ether oxygens (including phenoxy) is 1. The zero-order valence-corrected chi connectivity index (χ0v) is 16.5. The minimum absolute atomic E-state index is 0.0186. The molecule has 0 bridgehead atoms. The number of nitrogens with zero attached hydrogens (tertiary/aromatic N) is 2. The highest BCUT2D eigenvalue weighted by Gasteiger charge is 2.20. The van der Waals surface area contributed by atoms with Crippen LogP contribution in [0.2, 0.25) is 0 Å². The zero-order chi connectivity index (χ0) is 19.3. The van der Waals surface area contributed by atoms with E-state index in [1.54, 1.807) is 12.1 Å². The second kappa shape index (κ2) is 8.84. The van der Waals surface area contributed by atoms with E-state index in [0.29, 0.717) is 17.9 Å². The van der Waals surface area contributed by atoms with Crippen molar-refractivity contribution in [2.75, 3.05) is 25.5 Å². The van der Waals surface area contributed by atoms with Crippen molar-refractivity contribution in [3.05, 3.63) is 24.3 Å². The van der Waals surface area contributed by atoms with Gasteiger partial charge in [0, 0.05) is 25.7 Å². The van der Waals surface area contributed by atoms with Crippen molar-refractivity contribution >= 4 is 27.5 Å². The second-order valence-corrected chi connectivity index (χ2v) is 8.76. The minimum atomic E-state index is -3.74. The van der Waals surface area contributed by atoms with E-state index in [4.69, 9.17) is 4.74 Å². The monoisotopic (exact) mass is 393 g/mol. The number of hydrogen-bond acceptors (Lipinski definition) is 4. The lowest BCUT2D eigenvalue weighted by molar-refractivity contribution is -0.123. The summed E-state index contributed by atoms with van der Waals surface area (Å²) in [6, 6.07) is 6.08. The molecule has 1 aliphatic heterocycles. The van der Waals surface area contributed by atoms with E-state index in [1.165, 1.54) is 18.6 Å². The predicted octanol–water partition coefficient (Wildman–Crippen LogP) is 2.79. The maximum Gasteiger partial charge on any atom is 0.283 e. The molecule has 27 heavy (non-hydrogen) atoms. The average molecular weight is 394 g/mol. The number of nitrogens with one attached hydrogen (secondary N) is 1. The summed E-state index contributed by atoms with van der Waals surface area (Å²) in [4.78, 5) is 14.0. The van der Waals surface area contributed by atoms with E-state index >= 15 is 0 Å². The molecule has 3 rings (SSSR count). The van der Waals surface area contributed by atoms with Crippen LogP contribution in [0.5, 0.6) is 0 Å². The van der Waals surface area contributed by atoms with Crippen LogP contribution in [0.1, 0.15) is 44.9 Å². The van der Waals surface area contributed by atoms with Crippen LogP contribution in [0.25, 0.3) is 0 Å². The highest BCUT2D eigenvalue weighted by Crippen LogP contribution is 2.21. The fourth-order valence-corrected chi connectivity index (χ4v) is 4.53. The molecule has 1 saturated carbocycles. The highest BCUT2D eigenvalue weighted by atomic mass is 32.2. The smallest absolute Gasteiger partial charge is 0.283 e. The molecular weight excluding hydrogens is 366 g/mol. The number of rotatable bonds is 6. The summed E-state index contributed by atoms with van der Waals surface area (Å²) in [6.07, 6.45) is 7.33. The number of anilines is 1. The van der Waals surface area contributed by atoms with Gasteiger partial charge in [-0.1, -0.05) is 19.3 Å². The molecular formula is C19H27N3O4S. The van der Waals surface area contributed by atoms with E-state index in [1.807, 2.05) is 11.9 Å². The SMILES string of the molecule is CN1CCC/C1=N\S(=O)(=O)c1ccc(NC(=O)COC2CCCCC2)cc1. The number of sulfonamides is 1. The van der Waals surface area contributed by atoms with Crippen molar-refractivity contribution in [3.8, 4) is 0 Å².